The van der Waals surface area contributed by atoms with Gasteiger partial charge in [-0.3, -0.25) is 4.79 Å². The first-order chi connectivity index (χ1) is 11.2. The summed E-state index contributed by atoms with van der Waals surface area (Å²) in [6.07, 6.45) is 0. The summed E-state index contributed by atoms with van der Waals surface area (Å²) in [5, 5.41) is 11.0. The summed E-state index contributed by atoms with van der Waals surface area (Å²) in [7, 11) is 0. The van der Waals surface area contributed by atoms with Gasteiger partial charge in [0.2, 0.25) is 11.2 Å². The number of rotatable bonds is 1. The van der Waals surface area contributed by atoms with E-state index in [1.165, 1.54) is 6.07 Å². The van der Waals surface area contributed by atoms with Crippen LogP contribution < -0.4 is 5.43 Å². The lowest BCUT2D eigenvalue weighted by Crippen LogP contribution is -2.10. The minimum Gasteiger partial charge on any atom is -0.502 e. The molecule has 0 spiro atoms. The maximum absolute atomic E-state index is 12.4. The lowest BCUT2D eigenvalue weighted by molar-refractivity contribution is 0.449. The second-order valence-electron chi connectivity index (χ2n) is 7.03. The number of aromatic hydroxyl groups is 1. The van der Waals surface area contributed by atoms with Gasteiger partial charge in [-0.15, -0.1) is 0 Å². The van der Waals surface area contributed by atoms with Crippen molar-refractivity contribution in [1.82, 2.24) is 0 Å². The van der Waals surface area contributed by atoms with Gasteiger partial charge >= 0.3 is 0 Å². The van der Waals surface area contributed by atoms with Crippen LogP contribution in [0.3, 0.4) is 0 Å². The van der Waals surface area contributed by atoms with Gasteiger partial charge in [0.25, 0.3) is 0 Å². The number of halogens is 1. The monoisotopic (exact) mass is 342 g/mol. The topological polar surface area (TPSA) is 50.4 Å². The molecule has 0 saturated heterocycles. The highest BCUT2D eigenvalue weighted by atomic mass is 35.5. The molecule has 1 N–H and O–H groups in total. The molecule has 3 nitrogen and oxygen atoms in total. The third-order valence-electron chi connectivity index (χ3n) is 4.16. The Morgan fingerprint density at radius 2 is 1.71 bits per heavy atom. The lowest BCUT2D eigenvalue weighted by Gasteiger charge is -2.19. The van der Waals surface area contributed by atoms with Gasteiger partial charge in [0.15, 0.2) is 5.76 Å². The molecule has 3 aromatic rings. The Morgan fingerprint density at radius 1 is 1.08 bits per heavy atom. The fourth-order valence-corrected chi connectivity index (χ4v) is 2.79. The summed E-state index contributed by atoms with van der Waals surface area (Å²) >= 11 is 6.07. The summed E-state index contributed by atoms with van der Waals surface area (Å²) in [6.45, 7) is 8.22. The molecule has 0 aliphatic heterocycles. The fraction of sp³-hybridized carbons (Fsp3) is 0.250. The molecule has 0 saturated carbocycles. The van der Waals surface area contributed by atoms with Gasteiger partial charge in [-0.2, -0.15) is 0 Å². The van der Waals surface area contributed by atoms with E-state index < -0.39 is 11.2 Å². The van der Waals surface area contributed by atoms with Gasteiger partial charge in [-0.1, -0.05) is 56.6 Å². The molecule has 0 fully saturated rings. The molecular formula is C20H19ClO3. The molecule has 0 radical (unpaired) electrons. The van der Waals surface area contributed by atoms with Gasteiger partial charge in [-0.25, -0.2) is 0 Å². The molecular weight excluding hydrogens is 324 g/mol. The zero-order chi connectivity index (χ0) is 17.6. The number of hydrogen-bond acceptors (Lipinski definition) is 3. The molecule has 1 heterocycles. The van der Waals surface area contributed by atoms with E-state index in [9.17, 15) is 9.90 Å². The maximum Gasteiger partial charge on any atom is 0.235 e. The van der Waals surface area contributed by atoms with Crippen LogP contribution in [0.1, 0.15) is 31.9 Å². The Hall–Kier alpha value is -2.26. The van der Waals surface area contributed by atoms with Crippen LogP contribution in [-0.4, -0.2) is 5.11 Å². The van der Waals surface area contributed by atoms with Crippen molar-refractivity contribution in [3.8, 4) is 17.1 Å². The van der Waals surface area contributed by atoms with E-state index in [0.29, 0.717) is 16.2 Å². The van der Waals surface area contributed by atoms with Crippen molar-refractivity contribution in [3.05, 3.63) is 62.8 Å². The zero-order valence-electron chi connectivity index (χ0n) is 14.1. The zero-order valence-corrected chi connectivity index (χ0v) is 14.9. The Balaban J connectivity index is 2.21. The molecule has 24 heavy (non-hydrogen) atoms. The van der Waals surface area contributed by atoms with E-state index in [4.69, 9.17) is 16.0 Å². The summed E-state index contributed by atoms with van der Waals surface area (Å²) in [5.41, 5.74) is 2.59. The fourth-order valence-electron chi connectivity index (χ4n) is 2.62. The van der Waals surface area contributed by atoms with Crippen LogP contribution in [0.4, 0.5) is 0 Å². The summed E-state index contributed by atoms with van der Waals surface area (Å²) in [4.78, 5) is 12.4. The van der Waals surface area contributed by atoms with Crippen LogP contribution >= 0.6 is 11.6 Å². The van der Waals surface area contributed by atoms with E-state index in [1.54, 1.807) is 6.07 Å². The van der Waals surface area contributed by atoms with Gasteiger partial charge in [0.1, 0.15) is 5.58 Å². The molecule has 0 unspecified atom stereocenters. The van der Waals surface area contributed by atoms with Crippen molar-refractivity contribution in [3.63, 3.8) is 0 Å². The minimum atomic E-state index is -0.479. The lowest BCUT2D eigenvalue weighted by atomic mass is 9.86. The highest BCUT2D eigenvalue weighted by Crippen LogP contribution is 2.33. The van der Waals surface area contributed by atoms with Crippen LogP contribution in [0, 0.1) is 6.92 Å². The van der Waals surface area contributed by atoms with Gasteiger partial charge in [0.05, 0.1) is 5.39 Å². The van der Waals surface area contributed by atoms with E-state index in [-0.39, 0.29) is 16.6 Å². The van der Waals surface area contributed by atoms with Crippen LogP contribution in [-0.2, 0) is 5.41 Å². The average Bonchev–Trinajstić information content (AvgIpc) is 2.52. The number of hydrogen-bond donors (Lipinski definition) is 1. The Labute approximate surface area is 145 Å². The van der Waals surface area contributed by atoms with Crippen molar-refractivity contribution in [2.24, 2.45) is 0 Å². The molecule has 2 aromatic carbocycles. The average molecular weight is 343 g/mol. The minimum absolute atomic E-state index is 0.0264. The van der Waals surface area contributed by atoms with Crippen LogP contribution in [0.2, 0.25) is 5.02 Å². The molecule has 0 aliphatic carbocycles. The smallest absolute Gasteiger partial charge is 0.235 e. The third kappa shape index (κ3) is 2.80. The highest BCUT2D eigenvalue weighted by molar-refractivity contribution is 6.32. The summed E-state index contributed by atoms with van der Waals surface area (Å²) < 4.78 is 5.81. The van der Waals surface area contributed by atoms with Gasteiger partial charge < -0.3 is 9.52 Å². The van der Waals surface area contributed by atoms with E-state index in [1.807, 2.05) is 31.2 Å². The Morgan fingerprint density at radius 3 is 2.29 bits per heavy atom. The van der Waals surface area contributed by atoms with Crippen molar-refractivity contribution >= 4 is 22.6 Å². The van der Waals surface area contributed by atoms with Crippen LogP contribution in [0.25, 0.3) is 22.3 Å². The molecule has 0 atom stereocenters. The van der Waals surface area contributed by atoms with E-state index in [0.717, 1.165) is 11.1 Å². The van der Waals surface area contributed by atoms with Gasteiger partial charge in [0, 0.05) is 10.6 Å². The molecule has 0 amide bonds. The molecule has 4 heteroatoms. The predicted molar refractivity (Wildman–Crippen MR) is 98.0 cm³/mol. The normalized spacial score (nSPS) is 11.9. The summed E-state index contributed by atoms with van der Waals surface area (Å²) in [6, 6.07) is 10.9. The first kappa shape index (κ1) is 16.6. The van der Waals surface area contributed by atoms with E-state index >= 15 is 0 Å². The SMILES string of the molecule is Cc1cc2oc(-c3ccc(C(C)(C)C)cc3)c(O)c(=O)c2cc1Cl. The van der Waals surface area contributed by atoms with E-state index in [2.05, 4.69) is 20.8 Å². The summed E-state index contributed by atoms with van der Waals surface area (Å²) in [5.74, 6) is -0.222. The predicted octanol–water partition coefficient (Wildman–Crippen LogP) is 5.42. The largest absolute Gasteiger partial charge is 0.502 e. The number of aryl methyl sites for hydroxylation is 1. The molecule has 1 aromatic heterocycles. The number of benzene rings is 2. The second-order valence-corrected chi connectivity index (χ2v) is 7.44. The van der Waals surface area contributed by atoms with Crippen LogP contribution in [0.15, 0.2) is 45.6 Å². The second kappa shape index (κ2) is 5.67. The first-order valence-corrected chi connectivity index (χ1v) is 8.13. The maximum atomic E-state index is 12.4. The molecule has 124 valence electrons. The number of fused-ring (bicyclic) bond motifs is 1. The quantitative estimate of drug-likeness (QED) is 0.642. The van der Waals surface area contributed by atoms with Crippen molar-refractivity contribution in [2.45, 2.75) is 33.1 Å². The van der Waals surface area contributed by atoms with Crippen LogP contribution in [0.5, 0.6) is 5.75 Å². The molecule has 0 aliphatic rings. The van der Waals surface area contributed by atoms with Crippen molar-refractivity contribution in [1.29, 1.82) is 0 Å². The standard InChI is InChI=1S/C20H19ClO3/c1-11-9-16-14(10-15(11)21)17(22)18(23)19(24-16)12-5-7-13(8-6-12)20(2,3)4/h5-10,23H,1-4H3. The van der Waals surface area contributed by atoms with Crippen molar-refractivity contribution < 1.29 is 9.52 Å². The highest BCUT2D eigenvalue weighted by Gasteiger charge is 2.18. The Kier molecular flexibility index (Phi) is 3.92. The molecule has 3 rings (SSSR count). The molecule has 0 bridgehead atoms. The Bertz CT molecular complexity index is 977. The first-order valence-electron chi connectivity index (χ1n) is 7.75. The van der Waals surface area contributed by atoms with Crippen molar-refractivity contribution in [2.75, 3.05) is 0 Å². The third-order valence-corrected chi connectivity index (χ3v) is 4.57. The van der Waals surface area contributed by atoms with Gasteiger partial charge in [-0.05, 0) is 35.6 Å².